The van der Waals surface area contributed by atoms with Gasteiger partial charge >= 0.3 is 0 Å². The second kappa shape index (κ2) is 11.8. The molecular weight excluding hydrogens is 423 g/mol. The zero-order valence-electron chi connectivity index (χ0n) is 17.6. The van der Waals surface area contributed by atoms with Crippen molar-refractivity contribution in [1.29, 1.82) is 0 Å². The zero-order chi connectivity index (χ0) is 22.1. The van der Waals surface area contributed by atoms with E-state index in [-0.39, 0.29) is 24.8 Å². The highest BCUT2D eigenvalue weighted by Crippen LogP contribution is 2.26. The van der Waals surface area contributed by atoms with E-state index in [0.29, 0.717) is 22.2 Å². The van der Waals surface area contributed by atoms with Crippen molar-refractivity contribution in [3.05, 3.63) is 63.6 Å². The van der Waals surface area contributed by atoms with Gasteiger partial charge in [-0.1, -0.05) is 54.7 Å². The van der Waals surface area contributed by atoms with Crippen LogP contribution in [-0.4, -0.2) is 36.4 Å². The van der Waals surface area contributed by atoms with E-state index in [1.54, 1.807) is 37.1 Å². The second-order valence-electron chi connectivity index (χ2n) is 7.07. The van der Waals surface area contributed by atoms with Gasteiger partial charge < -0.3 is 15.0 Å². The minimum atomic E-state index is -0.641. The molecule has 0 fully saturated rings. The molecule has 0 saturated carbocycles. The number of rotatable bonds is 10. The minimum absolute atomic E-state index is 0.0151. The molecule has 7 heteroatoms. The van der Waals surface area contributed by atoms with Gasteiger partial charge in [0.2, 0.25) is 11.8 Å². The van der Waals surface area contributed by atoms with Gasteiger partial charge in [-0.25, -0.2) is 0 Å². The second-order valence-corrected chi connectivity index (χ2v) is 7.88. The van der Waals surface area contributed by atoms with Gasteiger partial charge in [0.05, 0.1) is 13.5 Å². The Bertz CT molecular complexity index is 836. The number of amides is 2. The summed E-state index contributed by atoms with van der Waals surface area (Å²) in [7, 11) is 1.60. The van der Waals surface area contributed by atoms with E-state index in [1.165, 1.54) is 0 Å². The Hall–Kier alpha value is -2.24. The van der Waals surface area contributed by atoms with Crippen molar-refractivity contribution in [2.75, 3.05) is 13.7 Å². The average molecular weight is 451 g/mol. The predicted molar refractivity (Wildman–Crippen MR) is 121 cm³/mol. The Labute approximate surface area is 188 Å². The monoisotopic (exact) mass is 450 g/mol. The molecule has 0 spiro atoms. The molecule has 0 radical (unpaired) electrons. The molecule has 2 amide bonds. The number of nitrogens with one attached hydrogen (secondary N) is 1. The van der Waals surface area contributed by atoms with Crippen LogP contribution in [0.1, 0.15) is 37.8 Å². The van der Waals surface area contributed by atoms with Crippen molar-refractivity contribution < 1.29 is 14.3 Å². The van der Waals surface area contributed by atoms with Gasteiger partial charge in [0.25, 0.3) is 0 Å². The molecule has 0 bridgehead atoms. The number of hydrogen-bond donors (Lipinski definition) is 1. The molecule has 30 heavy (non-hydrogen) atoms. The average Bonchev–Trinajstić information content (AvgIpc) is 2.74. The van der Waals surface area contributed by atoms with Crippen LogP contribution < -0.4 is 10.1 Å². The Morgan fingerprint density at radius 3 is 2.30 bits per heavy atom. The number of methoxy groups -OCH3 is 1. The van der Waals surface area contributed by atoms with Crippen LogP contribution in [0.2, 0.25) is 10.0 Å². The highest BCUT2D eigenvalue weighted by Gasteiger charge is 2.27. The van der Waals surface area contributed by atoms with Crippen LogP contribution in [0.3, 0.4) is 0 Å². The van der Waals surface area contributed by atoms with Gasteiger partial charge in [-0.2, -0.15) is 0 Å². The van der Waals surface area contributed by atoms with Crippen molar-refractivity contribution in [3.8, 4) is 5.75 Å². The first kappa shape index (κ1) is 24.0. The van der Waals surface area contributed by atoms with E-state index in [0.717, 1.165) is 24.2 Å². The van der Waals surface area contributed by atoms with Gasteiger partial charge in [0.15, 0.2) is 0 Å². The molecule has 2 aromatic carbocycles. The van der Waals surface area contributed by atoms with Crippen LogP contribution in [0.15, 0.2) is 42.5 Å². The van der Waals surface area contributed by atoms with Crippen LogP contribution in [0.5, 0.6) is 5.75 Å². The quantitative estimate of drug-likeness (QED) is 0.524. The summed E-state index contributed by atoms with van der Waals surface area (Å²) in [6.07, 6.45) is 1.88. The lowest BCUT2D eigenvalue weighted by molar-refractivity contribution is -0.140. The molecule has 0 aliphatic heterocycles. The Balaban J connectivity index is 2.24. The molecule has 0 unspecified atom stereocenters. The van der Waals surface area contributed by atoms with E-state index in [9.17, 15) is 9.59 Å². The van der Waals surface area contributed by atoms with Crippen LogP contribution in [0, 0.1) is 0 Å². The highest BCUT2D eigenvalue weighted by atomic mass is 35.5. The number of carbonyl (C=O) groups excluding carboxylic acids is 2. The maximum atomic E-state index is 13.2. The summed E-state index contributed by atoms with van der Waals surface area (Å²) in [6, 6.07) is 11.9. The number of halogens is 2. The van der Waals surface area contributed by atoms with Crippen LogP contribution in [0.25, 0.3) is 0 Å². The molecule has 0 saturated heterocycles. The highest BCUT2D eigenvalue weighted by molar-refractivity contribution is 6.36. The summed E-state index contributed by atoms with van der Waals surface area (Å²) in [5.74, 6) is 0.319. The van der Waals surface area contributed by atoms with Gasteiger partial charge in [0, 0.05) is 23.1 Å². The molecule has 0 aliphatic carbocycles. The van der Waals surface area contributed by atoms with Crippen LogP contribution in [-0.2, 0) is 22.6 Å². The molecule has 2 rings (SSSR count). The summed E-state index contributed by atoms with van der Waals surface area (Å²) in [5.41, 5.74) is 1.45. The molecule has 1 N–H and O–H groups in total. The fourth-order valence-corrected chi connectivity index (χ4v) is 3.53. The number of nitrogens with zero attached hydrogens (tertiary/aromatic N) is 1. The third-order valence-electron chi connectivity index (χ3n) is 4.90. The van der Waals surface area contributed by atoms with Gasteiger partial charge in [-0.05, 0) is 48.7 Å². The molecule has 5 nitrogen and oxygen atoms in total. The number of unbranched alkanes of at least 4 members (excludes halogenated alkanes) is 1. The number of benzene rings is 2. The van der Waals surface area contributed by atoms with Gasteiger partial charge in [-0.15, -0.1) is 0 Å². The van der Waals surface area contributed by atoms with E-state index in [2.05, 4.69) is 12.2 Å². The van der Waals surface area contributed by atoms with Crippen LogP contribution in [0.4, 0.5) is 0 Å². The molecular formula is C23H28Cl2N2O3. The largest absolute Gasteiger partial charge is 0.497 e. The van der Waals surface area contributed by atoms with Crippen molar-refractivity contribution >= 4 is 35.0 Å². The van der Waals surface area contributed by atoms with Crippen molar-refractivity contribution in [3.63, 3.8) is 0 Å². The standard InChI is InChI=1S/C23H28Cl2N2O3/c1-4-5-13-26-23(29)16(2)27(15-17-9-11-18(30-3)12-10-17)22(28)14-19-20(24)7-6-8-21(19)25/h6-12,16H,4-5,13-15H2,1-3H3,(H,26,29)/t16-/m0/s1. The molecule has 0 aromatic heterocycles. The van der Waals surface area contributed by atoms with Crippen molar-refractivity contribution in [2.45, 2.75) is 45.7 Å². The molecule has 0 heterocycles. The molecule has 2 aromatic rings. The molecule has 162 valence electrons. The molecule has 0 aliphatic rings. The third-order valence-corrected chi connectivity index (χ3v) is 5.61. The SMILES string of the molecule is CCCCNC(=O)[C@H](C)N(Cc1ccc(OC)cc1)C(=O)Cc1c(Cl)cccc1Cl. The summed E-state index contributed by atoms with van der Waals surface area (Å²) in [4.78, 5) is 27.4. The lowest BCUT2D eigenvalue weighted by Crippen LogP contribution is -2.48. The molecule has 1 atom stereocenters. The first-order chi connectivity index (χ1) is 14.4. The summed E-state index contributed by atoms with van der Waals surface area (Å²) >= 11 is 12.5. The van der Waals surface area contributed by atoms with E-state index < -0.39 is 6.04 Å². The number of ether oxygens (including phenoxy) is 1. The lowest BCUT2D eigenvalue weighted by atomic mass is 10.1. The maximum Gasteiger partial charge on any atom is 0.242 e. The first-order valence-corrected chi connectivity index (χ1v) is 10.8. The Morgan fingerprint density at radius 2 is 1.73 bits per heavy atom. The predicted octanol–water partition coefficient (Wildman–Crippen LogP) is 4.88. The number of hydrogen-bond acceptors (Lipinski definition) is 3. The third kappa shape index (κ3) is 6.64. The van der Waals surface area contributed by atoms with E-state index in [4.69, 9.17) is 27.9 Å². The van der Waals surface area contributed by atoms with Gasteiger partial charge in [0.1, 0.15) is 11.8 Å². The Kier molecular flexibility index (Phi) is 9.47. The van der Waals surface area contributed by atoms with Crippen molar-refractivity contribution in [1.82, 2.24) is 10.2 Å². The fourth-order valence-electron chi connectivity index (χ4n) is 3.00. The van der Waals surface area contributed by atoms with E-state index in [1.807, 2.05) is 24.3 Å². The zero-order valence-corrected chi connectivity index (χ0v) is 19.1. The lowest BCUT2D eigenvalue weighted by Gasteiger charge is -2.29. The topological polar surface area (TPSA) is 58.6 Å². The van der Waals surface area contributed by atoms with Crippen molar-refractivity contribution in [2.24, 2.45) is 0 Å². The van der Waals surface area contributed by atoms with Gasteiger partial charge in [-0.3, -0.25) is 9.59 Å². The minimum Gasteiger partial charge on any atom is -0.497 e. The van der Waals surface area contributed by atoms with E-state index >= 15 is 0 Å². The summed E-state index contributed by atoms with van der Waals surface area (Å²) < 4.78 is 5.19. The fraction of sp³-hybridized carbons (Fsp3) is 0.391. The summed E-state index contributed by atoms with van der Waals surface area (Å²) in [5, 5.41) is 3.77. The van der Waals surface area contributed by atoms with Crippen LogP contribution >= 0.6 is 23.2 Å². The summed E-state index contributed by atoms with van der Waals surface area (Å²) in [6.45, 7) is 4.66. The smallest absolute Gasteiger partial charge is 0.242 e. The normalized spacial score (nSPS) is 11.6. The maximum absolute atomic E-state index is 13.2. The Morgan fingerprint density at radius 1 is 1.10 bits per heavy atom. The first-order valence-electron chi connectivity index (χ1n) is 10.00. The number of carbonyl (C=O) groups is 2.